The summed E-state index contributed by atoms with van der Waals surface area (Å²) in [6.07, 6.45) is 5.07. The summed E-state index contributed by atoms with van der Waals surface area (Å²) >= 11 is 12.5. The maximum atomic E-state index is 12.7. The van der Waals surface area contributed by atoms with Crippen molar-refractivity contribution < 1.29 is 4.74 Å². The van der Waals surface area contributed by atoms with Gasteiger partial charge in [0.15, 0.2) is 0 Å². The summed E-state index contributed by atoms with van der Waals surface area (Å²) in [5.41, 5.74) is 1.77. The Labute approximate surface area is 157 Å². The Morgan fingerprint density at radius 3 is 2.84 bits per heavy atom. The number of hydrogen-bond acceptors (Lipinski definition) is 4. The Morgan fingerprint density at radius 1 is 1.36 bits per heavy atom. The van der Waals surface area contributed by atoms with Crippen LogP contribution in [0.25, 0.3) is 5.69 Å². The van der Waals surface area contributed by atoms with Crippen LogP contribution in [0.3, 0.4) is 0 Å². The van der Waals surface area contributed by atoms with Crippen molar-refractivity contribution in [3.05, 3.63) is 50.4 Å². The number of anilines is 1. The van der Waals surface area contributed by atoms with E-state index >= 15 is 0 Å². The van der Waals surface area contributed by atoms with E-state index in [0.29, 0.717) is 22.9 Å². The van der Waals surface area contributed by atoms with Crippen LogP contribution in [-0.4, -0.2) is 36.1 Å². The molecule has 134 valence electrons. The zero-order valence-electron chi connectivity index (χ0n) is 14.3. The van der Waals surface area contributed by atoms with Gasteiger partial charge in [-0.3, -0.25) is 4.79 Å². The second kappa shape index (κ2) is 7.77. The van der Waals surface area contributed by atoms with Gasteiger partial charge in [-0.2, -0.15) is 9.78 Å². The summed E-state index contributed by atoms with van der Waals surface area (Å²) in [7, 11) is 1.90. The molecule has 1 unspecified atom stereocenters. The molecule has 0 spiro atoms. The van der Waals surface area contributed by atoms with Crippen molar-refractivity contribution in [2.75, 3.05) is 25.1 Å². The molecule has 1 aromatic carbocycles. The first-order chi connectivity index (χ1) is 12.0. The van der Waals surface area contributed by atoms with Gasteiger partial charge in [-0.25, -0.2) is 0 Å². The van der Waals surface area contributed by atoms with Crippen LogP contribution in [0.15, 0.2) is 29.2 Å². The molecule has 5 nitrogen and oxygen atoms in total. The van der Waals surface area contributed by atoms with Crippen LogP contribution >= 0.6 is 23.2 Å². The van der Waals surface area contributed by atoms with E-state index in [2.05, 4.69) is 5.10 Å². The molecule has 1 aliphatic heterocycles. The van der Waals surface area contributed by atoms with Crippen LogP contribution < -0.4 is 10.5 Å². The first-order valence-corrected chi connectivity index (χ1v) is 9.10. The van der Waals surface area contributed by atoms with Crippen molar-refractivity contribution in [3.63, 3.8) is 0 Å². The minimum atomic E-state index is -0.365. The molecule has 1 saturated heterocycles. The molecule has 0 saturated carbocycles. The third-order valence-electron chi connectivity index (χ3n) is 4.46. The topological polar surface area (TPSA) is 47.4 Å². The largest absolute Gasteiger partial charge is 0.376 e. The lowest BCUT2D eigenvalue weighted by atomic mass is 10.1. The molecule has 1 fully saturated rings. The number of ether oxygens (including phenoxy) is 1. The lowest BCUT2D eigenvalue weighted by molar-refractivity contribution is 0.0216. The molecule has 1 aromatic heterocycles. The molecule has 2 heterocycles. The van der Waals surface area contributed by atoms with E-state index in [1.54, 1.807) is 18.3 Å². The summed E-state index contributed by atoms with van der Waals surface area (Å²) in [5.74, 6) is 0. The Hall–Kier alpha value is -1.56. The maximum absolute atomic E-state index is 12.7. The van der Waals surface area contributed by atoms with Crippen molar-refractivity contribution in [1.29, 1.82) is 0 Å². The van der Waals surface area contributed by atoms with E-state index in [0.717, 1.165) is 25.0 Å². The average Bonchev–Trinajstić information content (AvgIpc) is 2.60. The van der Waals surface area contributed by atoms with Crippen molar-refractivity contribution in [1.82, 2.24) is 9.78 Å². The second-order valence-electron chi connectivity index (χ2n) is 6.36. The Balaban J connectivity index is 1.86. The molecule has 2 aromatic rings. The van der Waals surface area contributed by atoms with Gasteiger partial charge in [-0.15, -0.1) is 0 Å². The highest BCUT2D eigenvalue weighted by Gasteiger charge is 2.19. The SMILES string of the molecule is Cc1ccc(-n2ncc(N(C)CC3CCCCO3)c(Cl)c2=O)cc1Cl. The number of aryl methyl sites for hydroxylation is 1. The quantitative estimate of drug-likeness (QED) is 0.806. The maximum Gasteiger partial charge on any atom is 0.292 e. The first-order valence-electron chi connectivity index (χ1n) is 8.34. The van der Waals surface area contributed by atoms with E-state index in [-0.39, 0.29) is 16.7 Å². The molecule has 0 N–H and O–H groups in total. The van der Waals surface area contributed by atoms with Gasteiger partial charge in [0, 0.05) is 25.2 Å². The Kier molecular flexibility index (Phi) is 5.67. The van der Waals surface area contributed by atoms with Crippen LogP contribution in [0.2, 0.25) is 10.0 Å². The Bertz CT molecular complexity index is 816. The number of likely N-dealkylation sites (N-methyl/N-ethyl adjacent to an activating group) is 1. The van der Waals surface area contributed by atoms with Gasteiger partial charge in [0.2, 0.25) is 0 Å². The molecule has 3 rings (SSSR count). The van der Waals surface area contributed by atoms with E-state index in [4.69, 9.17) is 27.9 Å². The van der Waals surface area contributed by atoms with Crippen LogP contribution in [0.1, 0.15) is 24.8 Å². The summed E-state index contributed by atoms with van der Waals surface area (Å²) in [5, 5.41) is 5.00. The monoisotopic (exact) mass is 381 g/mol. The lowest BCUT2D eigenvalue weighted by Gasteiger charge is -2.28. The van der Waals surface area contributed by atoms with Gasteiger partial charge in [-0.1, -0.05) is 29.3 Å². The molecular formula is C18H21Cl2N3O2. The number of hydrogen-bond donors (Lipinski definition) is 0. The van der Waals surface area contributed by atoms with Crippen LogP contribution in [0.4, 0.5) is 5.69 Å². The molecule has 7 heteroatoms. The third-order valence-corrected chi connectivity index (χ3v) is 5.23. The number of nitrogens with zero attached hydrogens (tertiary/aromatic N) is 3. The molecule has 0 amide bonds. The molecule has 25 heavy (non-hydrogen) atoms. The number of rotatable bonds is 4. The lowest BCUT2D eigenvalue weighted by Crippen LogP contribution is -2.35. The molecule has 0 bridgehead atoms. The van der Waals surface area contributed by atoms with Crippen molar-refractivity contribution >= 4 is 28.9 Å². The van der Waals surface area contributed by atoms with Gasteiger partial charge < -0.3 is 9.64 Å². The highest BCUT2D eigenvalue weighted by molar-refractivity contribution is 6.33. The highest BCUT2D eigenvalue weighted by atomic mass is 35.5. The molecule has 1 atom stereocenters. The van der Waals surface area contributed by atoms with Crippen LogP contribution in [0.5, 0.6) is 0 Å². The van der Waals surface area contributed by atoms with Gasteiger partial charge in [0.1, 0.15) is 5.02 Å². The van der Waals surface area contributed by atoms with E-state index in [9.17, 15) is 4.79 Å². The van der Waals surface area contributed by atoms with E-state index < -0.39 is 0 Å². The van der Waals surface area contributed by atoms with Crippen molar-refractivity contribution in [2.45, 2.75) is 32.3 Å². The summed E-state index contributed by atoms with van der Waals surface area (Å²) in [6, 6.07) is 5.35. The average molecular weight is 382 g/mol. The minimum Gasteiger partial charge on any atom is -0.376 e. The summed E-state index contributed by atoms with van der Waals surface area (Å²) in [4.78, 5) is 14.6. The normalized spacial score (nSPS) is 17.5. The second-order valence-corrected chi connectivity index (χ2v) is 7.15. The first kappa shape index (κ1) is 18.2. The van der Waals surface area contributed by atoms with Crippen LogP contribution in [-0.2, 0) is 4.74 Å². The fraction of sp³-hybridized carbons (Fsp3) is 0.444. The summed E-state index contributed by atoms with van der Waals surface area (Å²) in [6.45, 7) is 3.38. The summed E-state index contributed by atoms with van der Waals surface area (Å²) < 4.78 is 7.02. The highest BCUT2D eigenvalue weighted by Crippen LogP contribution is 2.24. The van der Waals surface area contributed by atoms with Crippen molar-refractivity contribution in [2.24, 2.45) is 0 Å². The van der Waals surface area contributed by atoms with Gasteiger partial charge in [0.25, 0.3) is 5.56 Å². The Morgan fingerprint density at radius 2 is 2.16 bits per heavy atom. The predicted molar refractivity (Wildman–Crippen MR) is 101 cm³/mol. The fourth-order valence-electron chi connectivity index (χ4n) is 2.94. The number of benzene rings is 1. The predicted octanol–water partition coefficient (Wildman–Crippen LogP) is 3.85. The molecule has 0 radical (unpaired) electrons. The zero-order chi connectivity index (χ0) is 18.0. The van der Waals surface area contributed by atoms with Gasteiger partial charge in [0.05, 0.1) is 23.7 Å². The molecule has 1 aliphatic rings. The zero-order valence-corrected chi connectivity index (χ0v) is 15.8. The fourth-order valence-corrected chi connectivity index (χ4v) is 3.39. The minimum absolute atomic E-state index is 0.144. The number of halogens is 2. The molecular weight excluding hydrogens is 361 g/mol. The van der Waals surface area contributed by atoms with Crippen LogP contribution in [0, 0.1) is 6.92 Å². The van der Waals surface area contributed by atoms with Gasteiger partial charge >= 0.3 is 0 Å². The van der Waals surface area contributed by atoms with E-state index in [1.807, 2.05) is 24.9 Å². The van der Waals surface area contributed by atoms with Gasteiger partial charge in [-0.05, 0) is 43.9 Å². The number of aromatic nitrogens is 2. The smallest absolute Gasteiger partial charge is 0.292 e. The standard InChI is InChI=1S/C18H21Cl2N3O2/c1-12-6-7-13(9-15(12)19)23-18(24)17(20)16(10-21-23)22(2)11-14-5-3-4-8-25-14/h6-7,9-10,14H,3-5,8,11H2,1-2H3. The van der Waals surface area contributed by atoms with Crippen molar-refractivity contribution in [3.8, 4) is 5.69 Å². The third kappa shape index (κ3) is 4.00. The molecule has 0 aliphatic carbocycles. The van der Waals surface area contributed by atoms with E-state index in [1.165, 1.54) is 11.1 Å².